The Morgan fingerprint density at radius 2 is 2.14 bits per heavy atom. The zero-order chi connectivity index (χ0) is 15.2. The minimum absolute atomic E-state index is 0.102. The third kappa shape index (κ3) is 4.01. The van der Waals surface area contributed by atoms with E-state index >= 15 is 0 Å². The van der Waals surface area contributed by atoms with Crippen molar-refractivity contribution < 1.29 is 9.90 Å². The SMILES string of the molecule is CSCCCn1c(SCC(=O)O)nc2ccccc2c1=O. The average Bonchev–Trinajstić information content (AvgIpc) is 2.48. The van der Waals surface area contributed by atoms with Crippen molar-refractivity contribution in [3.8, 4) is 0 Å². The molecule has 0 spiro atoms. The number of para-hydroxylation sites is 1. The molecule has 1 N–H and O–H groups in total. The summed E-state index contributed by atoms with van der Waals surface area (Å²) in [6, 6.07) is 7.15. The Morgan fingerprint density at radius 1 is 1.38 bits per heavy atom. The van der Waals surface area contributed by atoms with Gasteiger partial charge in [-0.15, -0.1) is 0 Å². The lowest BCUT2D eigenvalue weighted by Crippen LogP contribution is -2.24. The fraction of sp³-hybridized carbons (Fsp3) is 0.357. The number of aliphatic carboxylic acids is 1. The van der Waals surface area contributed by atoms with E-state index in [0.717, 1.165) is 23.9 Å². The first-order valence-corrected chi connectivity index (χ1v) is 8.84. The molecule has 0 bridgehead atoms. The van der Waals surface area contributed by atoms with E-state index in [2.05, 4.69) is 4.98 Å². The molecule has 0 unspecified atom stereocenters. The highest BCUT2D eigenvalue weighted by molar-refractivity contribution is 7.99. The molecule has 0 radical (unpaired) electrons. The van der Waals surface area contributed by atoms with Gasteiger partial charge in [-0.3, -0.25) is 14.2 Å². The van der Waals surface area contributed by atoms with Crippen molar-refractivity contribution in [3.05, 3.63) is 34.6 Å². The molecule has 0 saturated carbocycles. The van der Waals surface area contributed by atoms with Gasteiger partial charge in [0.1, 0.15) is 0 Å². The number of aromatic nitrogens is 2. The Hall–Kier alpha value is -1.47. The van der Waals surface area contributed by atoms with Gasteiger partial charge in [-0.2, -0.15) is 11.8 Å². The van der Waals surface area contributed by atoms with E-state index in [-0.39, 0.29) is 11.3 Å². The molecule has 0 aliphatic rings. The molecule has 0 atom stereocenters. The molecule has 0 amide bonds. The van der Waals surface area contributed by atoms with Crippen LogP contribution in [0.4, 0.5) is 0 Å². The van der Waals surface area contributed by atoms with Crippen molar-refractivity contribution in [2.45, 2.75) is 18.1 Å². The van der Waals surface area contributed by atoms with Gasteiger partial charge in [0.2, 0.25) is 0 Å². The number of thioether (sulfide) groups is 2. The molecule has 112 valence electrons. The van der Waals surface area contributed by atoms with Gasteiger partial charge in [0.25, 0.3) is 5.56 Å². The Bertz CT molecular complexity index is 700. The van der Waals surface area contributed by atoms with Gasteiger partial charge in [0, 0.05) is 6.54 Å². The fourth-order valence-corrected chi connectivity index (χ4v) is 3.11. The summed E-state index contributed by atoms with van der Waals surface area (Å²) in [7, 11) is 0. The minimum atomic E-state index is -0.918. The topological polar surface area (TPSA) is 72.2 Å². The van der Waals surface area contributed by atoms with E-state index in [1.807, 2.05) is 18.4 Å². The van der Waals surface area contributed by atoms with Crippen molar-refractivity contribution in [1.82, 2.24) is 9.55 Å². The molecule has 2 rings (SSSR count). The fourth-order valence-electron chi connectivity index (χ4n) is 1.95. The largest absolute Gasteiger partial charge is 0.481 e. The third-order valence-electron chi connectivity index (χ3n) is 2.88. The summed E-state index contributed by atoms with van der Waals surface area (Å²) < 4.78 is 1.59. The van der Waals surface area contributed by atoms with Crippen LogP contribution in [0, 0.1) is 0 Å². The Labute approximate surface area is 130 Å². The quantitative estimate of drug-likeness (QED) is 0.479. The van der Waals surface area contributed by atoms with Crippen molar-refractivity contribution in [2.24, 2.45) is 0 Å². The van der Waals surface area contributed by atoms with E-state index in [1.165, 1.54) is 0 Å². The molecule has 0 saturated heterocycles. The lowest BCUT2D eigenvalue weighted by molar-refractivity contribution is -0.133. The van der Waals surface area contributed by atoms with Crippen LogP contribution in [0.1, 0.15) is 6.42 Å². The van der Waals surface area contributed by atoms with E-state index in [0.29, 0.717) is 22.6 Å². The van der Waals surface area contributed by atoms with Gasteiger partial charge in [-0.1, -0.05) is 23.9 Å². The van der Waals surface area contributed by atoms with Gasteiger partial charge in [-0.05, 0) is 30.6 Å². The summed E-state index contributed by atoms with van der Waals surface area (Å²) in [6.07, 6.45) is 2.86. The minimum Gasteiger partial charge on any atom is -0.481 e. The van der Waals surface area contributed by atoms with Gasteiger partial charge < -0.3 is 5.11 Å². The summed E-state index contributed by atoms with van der Waals surface area (Å²) in [5.74, 6) is -0.0756. The van der Waals surface area contributed by atoms with Crippen LogP contribution in [-0.2, 0) is 11.3 Å². The van der Waals surface area contributed by atoms with Gasteiger partial charge in [0.15, 0.2) is 5.16 Å². The second kappa shape index (κ2) is 7.51. The van der Waals surface area contributed by atoms with Crippen molar-refractivity contribution in [1.29, 1.82) is 0 Å². The van der Waals surface area contributed by atoms with Crippen LogP contribution in [0.2, 0.25) is 0 Å². The maximum absolute atomic E-state index is 12.5. The monoisotopic (exact) mass is 324 g/mol. The number of hydrogen-bond donors (Lipinski definition) is 1. The number of rotatable bonds is 7. The van der Waals surface area contributed by atoms with Crippen LogP contribution in [0.3, 0.4) is 0 Å². The lowest BCUT2D eigenvalue weighted by atomic mass is 10.2. The van der Waals surface area contributed by atoms with Crippen LogP contribution in [0.25, 0.3) is 10.9 Å². The van der Waals surface area contributed by atoms with Gasteiger partial charge >= 0.3 is 5.97 Å². The summed E-state index contributed by atoms with van der Waals surface area (Å²) in [6.45, 7) is 0.555. The predicted molar refractivity (Wildman–Crippen MR) is 87.4 cm³/mol. The number of benzene rings is 1. The molecule has 1 aromatic carbocycles. The normalized spacial score (nSPS) is 10.9. The predicted octanol–water partition coefficient (Wildman–Crippen LogP) is 2.33. The first-order chi connectivity index (χ1) is 10.1. The standard InChI is InChI=1S/C14H16N2O3S2/c1-20-8-4-7-16-13(19)10-5-2-3-6-11(10)15-14(16)21-9-12(17)18/h2-3,5-6H,4,7-9H2,1H3,(H,17,18). The van der Waals surface area contributed by atoms with E-state index < -0.39 is 5.97 Å². The number of nitrogens with zero attached hydrogens (tertiary/aromatic N) is 2. The van der Waals surface area contributed by atoms with Crippen molar-refractivity contribution in [2.75, 3.05) is 17.8 Å². The molecule has 0 aliphatic heterocycles. The molecule has 1 aromatic heterocycles. The van der Waals surface area contributed by atoms with Crippen molar-refractivity contribution in [3.63, 3.8) is 0 Å². The van der Waals surface area contributed by atoms with Crippen LogP contribution in [0.5, 0.6) is 0 Å². The molecule has 0 aliphatic carbocycles. The number of carboxylic acids is 1. The molecule has 2 aromatic rings. The van der Waals surface area contributed by atoms with Crippen LogP contribution in [0.15, 0.2) is 34.2 Å². The zero-order valence-electron chi connectivity index (χ0n) is 11.6. The average molecular weight is 324 g/mol. The summed E-state index contributed by atoms with van der Waals surface area (Å²) in [4.78, 5) is 27.7. The molecular formula is C14H16N2O3S2. The first kappa shape index (κ1) is 15.9. The molecule has 21 heavy (non-hydrogen) atoms. The molecule has 7 heteroatoms. The van der Waals surface area contributed by atoms with Gasteiger partial charge in [-0.25, -0.2) is 4.98 Å². The smallest absolute Gasteiger partial charge is 0.313 e. The maximum atomic E-state index is 12.5. The second-order valence-electron chi connectivity index (χ2n) is 4.40. The highest BCUT2D eigenvalue weighted by Gasteiger charge is 2.12. The van der Waals surface area contributed by atoms with E-state index in [1.54, 1.807) is 28.5 Å². The molecule has 1 heterocycles. The zero-order valence-corrected chi connectivity index (χ0v) is 13.2. The number of carbonyl (C=O) groups is 1. The summed E-state index contributed by atoms with van der Waals surface area (Å²) >= 11 is 2.81. The second-order valence-corrected chi connectivity index (χ2v) is 6.33. The molecule has 0 fully saturated rings. The Morgan fingerprint density at radius 3 is 2.86 bits per heavy atom. The maximum Gasteiger partial charge on any atom is 0.313 e. The number of carboxylic acid groups (broad SMARTS) is 1. The summed E-state index contributed by atoms with van der Waals surface area (Å²) in [5, 5.41) is 9.87. The highest BCUT2D eigenvalue weighted by atomic mass is 32.2. The van der Waals surface area contributed by atoms with Gasteiger partial charge in [0.05, 0.1) is 16.7 Å². The number of hydrogen-bond acceptors (Lipinski definition) is 5. The van der Waals surface area contributed by atoms with Crippen LogP contribution >= 0.6 is 23.5 Å². The van der Waals surface area contributed by atoms with Crippen LogP contribution in [-0.4, -0.2) is 38.4 Å². The highest BCUT2D eigenvalue weighted by Crippen LogP contribution is 2.18. The first-order valence-electron chi connectivity index (χ1n) is 6.46. The van der Waals surface area contributed by atoms with Crippen LogP contribution < -0.4 is 5.56 Å². The Kier molecular flexibility index (Phi) is 5.69. The lowest BCUT2D eigenvalue weighted by Gasteiger charge is -2.12. The molecule has 5 nitrogen and oxygen atoms in total. The van der Waals surface area contributed by atoms with E-state index in [4.69, 9.17) is 5.11 Å². The summed E-state index contributed by atoms with van der Waals surface area (Å²) in [5.41, 5.74) is 0.506. The van der Waals surface area contributed by atoms with Crippen molar-refractivity contribution >= 4 is 40.4 Å². The van der Waals surface area contributed by atoms with E-state index in [9.17, 15) is 9.59 Å². The Balaban J connectivity index is 2.43. The number of fused-ring (bicyclic) bond motifs is 1. The third-order valence-corrected chi connectivity index (χ3v) is 4.54. The molecular weight excluding hydrogens is 308 g/mol.